The Morgan fingerprint density at radius 2 is 1.76 bits per heavy atom. The van der Waals surface area contributed by atoms with E-state index in [2.05, 4.69) is 34.6 Å². The highest BCUT2D eigenvalue weighted by Crippen LogP contribution is 2.20. The number of methoxy groups -OCH3 is 1. The Morgan fingerprint density at radius 3 is 2.29 bits per heavy atom. The molecule has 1 aliphatic heterocycles. The van der Waals surface area contributed by atoms with Crippen LogP contribution in [-0.4, -0.2) is 50.5 Å². The van der Waals surface area contributed by atoms with Crippen molar-refractivity contribution in [3.63, 3.8) is 0 Å². The largest absolute Gasteiger partial charge is 0.497 e. The molecule has 1 aromatic rings. The summed E-state index contributed by atoms with van der Waals surface area (Å²) >= 11 is 4.28. The lowest BCUT2D eigenvalue weighted by atomic mass is 10.2. The normalized spacial score (nSPS) is 17.2. The van der Waals surface area contributed by atoms with Crippen LogP contribution in [0.3, 0.4) is 0 Å². The minimum absolute atomic E-state index is 0.919. The number of piperazine rings is 1. The lowest BCUT2D eigenvalue weighted by Crippen LogP contribution is -2.46. The third kappa shape index (κ3) is 3.30. The van der Waals surface area contributed by atoms with Gasteiger partial charge in [0, 0.05) is 44.2 Å². The van der Waals surface area contributed by atoms with Gasteiger partial charge in [0.1, 0.15) is 5.75 Å². The molecule has 0 saturated carbocycles. The van der Waals surface area contributed by atoms with E-state index < -0.39 is 0 Å². The molecule has 0 spiro atoms. The van der Waals surface area contributed by atoms with Crippen LogP contribution in [0.5, 0.6) is 5.75 Å². The topological polar surface area (TPSA) is 15.7 Å². The van der Waals surface area contributed by atoms with Crippen LogP contribution >= 0.6 is 12.6 Å². The summed E-state index contributed by atoms with van der Waals surface area (Å²) in [6.45, 7) is 5.55. The third-order valence-corrected chi connectivity index (χ3v) is 3.43. The molecule has 0 bridgehead atoms. The molecule has 4 heteroatoms. The molecule has 2 rings (SSSR count). The maximum Gasteiger partial charge on any atom is 0.119 e. The Hall–Kier alpha value is -0.870. The lowest BCUT2D eigenvalue weighted by Gasteiger charge is -2.35. The smallest absolute Gasteiger partial charge is 0.119 e. The van der Waals surface area contributed by atoms with Crippen molar-refractivity contribution in [3.05, 3.63) is 24.3 Å². The van der Waals surface area contributed by atoms with E-state index in [9.17, 15) is 0 Å². The van der Waals surface area contributed by atoms with E-state index in [4.69, 9.17) is 4.74 Å². The van der Waals surface area contributed by atoms with Crippen molar-refractivity contribution < 1.29 is 4.74 Å². The van der Waals surface area contributed by atoms with Crippen molar-refractivity contribution in [2.24, 2.45) is 0 Å². The van der Waals surface area contributed by atoms with Crippen molar-refractivity contribution in [1.82, 2.24) is 4.90 Å². The van der Waals surface area contributed by atoms with Gasteiger partial charge in [-0.1, -0.05) is 0 Å². The summed E-state index contributed by atoms with van der Waals surface area (Å²) in [5.41, 5.74) is 1.29. The van der Waals surface area contributed by atoms with Gasteiger partial charge < -0.3 is 9.64 Å². The quantitative estimate of drug-likeness (QED) is 0.822. The van der Waals surface area contributed by atoms with Crippen LogP contribution in [0.15, 0.2) is 24.3 Å². The monoisotopic (exact) mass is 252 g/mol. The average Bonchev–Trinajstić information content (AvgIpc) is 2.40. The summed E-state index contributed by atoms with van der Waals surface area (Å²) in [5, 5.41) is 0. The van der Waals surface area contributed by atoms with Crippen molar-refractivity contribution in [2.75, 3.05) is 50.5 Å². The molecule has 3 nitrogen and oxygen atoms in total. The van der Waals surface area contributed by atoms with Gasteiger partial charge in [0.25, 0.3) is 0 Å². The number of thiol groups is 1. The lowest BCUT2D eigenvalue weighted by molar-refractivity contribution is 0.273. The van der Waals surface area contributed by atoms with Crippen molar-refractivity contribution in [1.29, 1.82) is 0 Å². The molecule has 0 aliphatic carbocycles. The number of hydrogen-bond acceptors (Lipinski definition) is 4. The van der Waals surface area contributed by atoms with E-state index in [-0.39, 0.29) is 0 Å². The van der Waals surface area contributed by atoms with E-state index >= 15 is 0 Å². The summed E-state index contributed by atoms with van der Waals surface area (Å²) in [6.07, 6.45) is 0. The fourth-order valence-corrected chi connectivity index (χ4v) is 2.45. The van der Waals surface area contributed by atoms with E-state index in [1.807, 2.05) is 12.1 Å². The van der Waals surface area contributed by atoms with Crippen LogP contribution in [0.25, 0.3) is 0 Å². The average molecular weight is 252 g/mol. The highest BCUT2D eigenvalue weighted by atomic mass is 32.1. The molecule has 1 aliphatic rings. The van der Waals surface area contributed by atoms with Gasteiger partial charge in [-0.25, -0.2) is 0 Å². The number of anilines is 1. The van der Waals surface area contributed by atoms with Gasteiger partial charge in [0.2, 0.25) is 0 Å². The molecule has 0 atom stereocenters. The molecule has 0 radical (unpaired) electrons. The van der Waals surface area contributed by atoms with Gasteiger partial charge in [0.15, 0.2) is 0 Å². The van der Waals surface area contributed by atoms with Crippen LogP contribution in [0, 0.1) is 0 Å². The molecular formula is C13H20N2OS. The fourth-order valence-electron chi connectivity index (χ4n) is 2.16. The molecule has 0 unspecified atom stereocenters. The summed E-state index contributed by atoms with van der Waals surface area (Å²) in [6, 6.07) is 8.31. The first kappa shape index (κ1) is 12.6. The van der Waals surface area contributed by atoms with Gasteiger partial charge in [-0.15, -0.1) is 0 Å². The molecule has 1 heterocycles. The second kappa shape index (κ2) is 6.17. The van der Waals surface area contributed by atoms with E-state index in [0.717, 1.165) is 44.2 Å². The van der Waals surface area contributed by atoms with Gasteiger partial charge in [-0.2, -0.15) is 12.6 Å². The minimum atomic E-state index is 0.919. The maximum atomic E-state index is 5.17. The molecule has 0 amide bonds. The molecule has 1 aromatic carbocycles. The summed E-state index contributed by atoms with van der Waals surface area (Å²) in [5.74, 6) is 1.87. The summed E-state index contributed by atoms with van der Waals surface area (Å²) < 4.78 is 5.17. The Morgan fingerprint density at radius 1 is 1.12 bits per heavy atom. The Kier molecular flexibility index (Phi) is 4.57. The van der Waals surface area contributed by atoms with Crippen molar-refractivity contribution in [3.8, 4) is 5.75 Å². The number of benzene rings is 1. The van der Waals surface area contributed by atoms with Gasteiger partial charge >= 0.3 is 0 Å². The van der Waals surface area contributed by atoms with Gasteiger partial charge in [-0.05, 0) is 24.3 Å². The molecule has 94 valence electrons. The Balaban J connectivity index is 1.91. The fraction of sp³-hybridized carbons (Fsp3) is 0.538. The molecule has 0 N–H and O–H groups in total. The van der Waals surface area contributed by atoms with E-state index in [1.54, 1.807) is 7.11 Å². The number of rotatable bonds is 4. The molecule has 17 heavy (non-hydrogen) atoms. The van der Waals surface area contributed by atoms with Crippen molar-refractivity contribution >= 4 is 18.3 Å². The Labute approximate surface area is 109 Å². The standard InChI is InChI=1S/C13H20N2OS/c1-16-13-4-2-12(3-5-13)15-8-6-14(7-9-15)10-11-17/h2-5,17H,6-11H2,1H3. The second-order valence-electron chi connectivity index (χ2n) is 4.25. The van der Waals surface area contributed by atoms with Crippen LogP contribution in [0.1, 0.15) is 0 Å². The first-order chi connectivity index (χ1) is 8.33. The van der Waals surface area contributed by atoms with Crippen LogP contribution < -0.4 is 9.64 Å². The number of nitrogens with zero attached hydrogens (tertiary/aromatic N) is 2. The highest BCUT2D eigenvalue weighted by Gasteiger charge is 2.16. The SMILES string of the molecule is COc1ccc(N2CCN(CCS)CC2)cc1. The first-order valence-electron chi connectivity index (χ1n) is 6.05. The number of hydrogen-bond donors (Lipinski definition) is 1. The second-order valence-corrected chi connectivity index (χ2v) is 4.70. The zero-order valence-electron chi connectivity index (χ0n) is 10.3. The van der Waals surface area contributed by atoms with E-state index in [1.165, 1.54) is 5.69 Å². The predicted molar refractivity (Wildman–Crippen MR) is 75.5 cm³/mol. The summed E-state index contributed by atoms with van der Waals surface area (Å²) in [4.78, 5) is 4.89. The minimum Gasteiger partial charge on any atom is -0.497 e. The van der Waals surface area contributed by atoms with Gasteiger partial charge in [-0.3, -0.25) is 4.90 Å². The molecule has 1 fully saturated rings. The predicted octanol–water partition coefficient (Wildman–Crippen LogP) is 1.75. The Bertz CT molecular complexity index is 334. The zero-order valence-corrected chi connectivity index (χ0v) is 11.2. The molecular weight excluding hydrogens is 232 g/mol. The van der Waals surface area contributed by atoms with Crippen LogP contribution in [-0.2, 0) is 0 Å². The van der Waals surface area contributed by atoms with Gasteiger partial charge in [0.05, 0.1) is 7.11 Å². The van der Waals surface area contributed by atoms with E-state index in [0.29, 0.717) is 0 Å². The molecule has 0 aromatic heterocycles. The maximum absolute atomic E-state index is 5.17. The van der Waals surface area contributed by atoms with Crippen LogP contribution in [0.4, 0.5) is 5.69 Å². The zero-order chi connectivity index (χ0) is 12.1. The molecule has 1 saturated heterocycles. The first-order valence-corrected chi connectivity index (χ1v) is 6.69. The number of ether oxygens (including phenoxy) is 1. The summed E-state index contributed by atoms with van der Waals surface area (Å²) in [7, 11) is 1.70. The van der Waals surface area contributed by atoms with Crippen molar-refractivity contribution in [2.45, 2.75) is 0 Å². The highest BCUT2D eigenvalue weighted by molar-refractivity contribution is 7.80. The van der Waals surface area contributed by atoms with Crippen LogP contribution in [0.2, 0.25) is 0 Å². The third-order valence-electron chi connectivity index (χ3n) is 3.23.